The number of carbonyl (C=O) groups is 1. The summed E-state index contributed by atoms with van der Waals surface area (Å²) in [4.78, 5) is 23.9. The molecule has 0 radical (unpaired) electrons. The Bertz CT molecular complexity index is 953. The molecular weight excluding hydrogens is 356 g/mol. The number of aliphatic imine (C=N–C) groups is 1. The van der Waals surface area contributed by atoms with Gasteiger partial charge in [-0.15, -0.1) is 0 Å². The maximum Gasteiger partial charge on any atom is 0.252 e. The normalized spacial score (nSPS) is 16.3. The summed E-state index contributed by atoms with van der Waals surface area (Å²) >= 11 is 1.52. The van der Waals surface area contributed by atoms with E-state index in [-0.39, 0.29) is 11.9 Å². The van der Waals surface area contributed by atoms with Gasteiger partial charge in [0.15, 0.2) is 0 Å². The van der Waals surface area contributed by atoms with Crippen LogP contribution in [0.1, 0.15) is 21.6 Å². The molecule has 3 aromatic rings. The summed E-state index contributed by atoms with van der Waals surface area (Å²) in [5.74, 6) is -0.0453. The average molecular weight is 376 g/mol. The molecule has 27 heavy (non-hydrogen) atoms. The van der Waals surface area contributed by atoms with E-state index in [1.807, 2.05) is 47.2 Å². The molecule has 0 fully saturated rings. The van der Waals surface area contributed by atoms with Gasteiger partial charge in [-0.1, -0.05) is 24.3 Å². The molecule has 1 atom stereocenters. The molecule has 4 rings (SSSR count). The first-order chi connectivity index (χ1) is 13.2. The summed E-state index contributed by atoms with van der Waals surface area (Å²) in [6, 6.07) is 16.0. The minimum Gasteiger partial charge on any atom is -0.367 e. The fourth-order valence-corrected chi connectivity index (χ4v) is 3.85. The van der Waals surface area contributed by atoms with Gasteiger partial charge in [0.05, 0.1) is 24.0 Å². The molecule has 0 saturated heterocycles. The van der Waals surface area contributed by atoms with Crippen LogP contribution in [0, 0.1) is 0 Å². The van der Waals surface area contributed by atoms with Crippen molar-refractivity contribution < 1.29 is 4.79 Å². The standard InChI is InChI=1S/C21H20N4OS/c1-25-16(13-24-21(26)15-9-11-27-14-15)12-23-20(18-7-4-5-10-22-18)17-6-2-3-8-19(17)25/h2-11,14,16H,12-13H2,1H3,(H,24,26). The van der Waals surface area contributed by atoms with Crippen molar-refractivity contribution in [3.05, 3.63) is 82.3 Å². The number of para-hydroxylation sites is 1. The second-order valence-electron chi connectivity index (χ2n) is 6.41. The highest BCUT2D eigenvalue weighted by molar-refractivity contribution is 7.08. The van der Waals surface area contributed by atoms with Crippen molar-refractivity contribution in [2.24, 2.45) is 4.99 Å². The van der Waals surface area contributed by atoms with Crippen molar-refractivity contribution in [2.75, 3.05) is 25.0 Å². The summed E-state index contributed by atoms with van der Waals surface area (Å²) in [6.45, 7) is 1.11. The molecule has 0 aliphatic carbocycles. The monoisotopic (exact) mass is 376 g/mol. The molecule has 1 aliphatic heterocycles. The van der Waals surface area contributed by atoms with Crippen LogP contribution in [0.2, 0.25) is 0 Å². The van der Waals surface area contributed by atoms with E-state index in [2.05, 4.69) is 34.4 Å². The number of anilines is 1. The largest absolute Gasteiger partial charge is 0.367 e. The van der Waals surface area contributed by atoms with Crippen LogP contribution < -0.4 is 10.2 Å². The summed E-state index contributed by atoms with van der Waals surface area (Å²) < 4.78 is 0. The van der Waals surface area contributed by atoms with Gasteiger partial charge < -0.3 is 10.2 Å². The number of amides is 1. The first-order valence-electron chi connectivity index (χ1n) is 8.82. The predicted molar refractivity (Wildman–Crippen MR) is 110 cm³/mol. The second kappa shape index (κ2) is 7.72. The molecule has 3 heterocycles. The Balaban J connectivity index is 1.61. The Hall–Kier alpha value is -2.99. The number of benzodiazepines with no additional fused rings is 1. The van der Waals surface area contributed by atoms with Gasteiger partial charge in [-0.25, -0.2) is 0 Å². The van der Waals surface area contributed by atoms with Crippen LogP contribution in [-0.2, 0) is 0 Å². The molecule has 6 heteroatoms. The number of nitrogens with zero attached hydrogens (tertiary/aromatic N) is 3. The summed E-state index contributed by atoms with van der Waals surface area (Å²) in [6.07, 6.45) is 1.79. The van der Waals surface area contributed by atoms with Crippen molar-refractivity contribution in [3.63, 3.8) is 0 Å². The predicted octanol–water partition coefficient (Wildman–Crippen LogP) is 3.23. The van der Waals surface area contributed by atoms with Crippen molar-refractivity contribution in [1.82, 2.24) is 10.3 Å². The van der Waals surface area contributed by atoms with Crippen LogP contribution in [-0.4, -0.2) is 42.8 Å². The Labute approximate surface area is 162 Å². The van der Waals surface area contributed by atoms with Crippen molar-refractivity contribution in [1.29, 1.82) is 0 Å². The zero-order valence-electron chi connectivity index (χ0n) is 15.0. The minimum absolute atomic E-state index is 0.0453. The third-order valence-corrected chi connectivity index (χ3v) is 5.42. The van der Waals surface area contributed by atoms with Crippen LogP contribution in [0.4, 0.5) is 5.69 Å². The topological polar surface area (TPSA) is 57.6 Å². The number of thiophene rings is 1. The van der Waals surface area contributed by atoms with E-state index in [0.717, 1.165) is 22.7 Å². The number of likely N-dealkylation sites (N-methyl/N-ethyl adjacent to an activating group) is 1. The average Bonchev–Trinajstić information content (AvgIpc) is 3.21. The van der Waals surface area contributed by atoms with E-state index in [1.165, 1.54) is 11.3 Å². The SMILES string of the molecule is CN1c2ccccc2C(c2ccccn2)=NCC1CNC(=O)c1ccsc1. The Morgan fingerprint density at radius 2 is 2.07 bits per heavy atom. The first-order valence-corrected chi connectivity index (χ1v) is 9.77. The lowest BCUT2D eigenvalue weighted by molar-refractivity contribution is 0.0952. The zero-order valence-corrected chi connectivity index (χ0v) is 15.8. The third kappa shape index (κ3) is 3.61. The first kappa shape index (κ1) is 17.4. The number of carbonyl (C=O) groups excluding carboxylic acids is 1. The van der Waals surface area contributed by atoms with Gasteiger partial charge >= 0.3 is 0 Å². The Kier molecular flexibility index (Phi) is 4.98. The van der Waals surface area contributed by atoms with E-state index >= 15 is 0 Å². The van der Waals surface area contributed by atoms with Crippen LogP contribution in [0.3, 0.4) is 0 Å². The molecule has 2 aromatic heterocycles. The lowest BCUT2D eigenvalue weighted by Gasteiger charge is -2.28. The lowest BCUT2D eigenvalue weighted by atomic mass is 10.0. The van der Waals surface area contributed by atoms with Gasteiger partial charge in [0, 0.05) is 42.0 Å². The molecule has 0 saturated carbocycles. The number of nitrogens with one attached hydrogen (secondary N) is 1. The van der Waals surface area contributed by atoms with E-state index in [0.29, 0.717) is 18.7 Å². The quantitative estimate of drug-likeness (QED) is 0.761. The van der Waals surface area contributed by atoms with Crippen LogP contribution >= 0.6 is 11.3 Å². The summed E-state index contributed by atoms with van der Waals surface area (Å²) in [7, 11) is 2.05. The van der Waals surface area contributed by atoms with E-state index in [1.54, 1.807) is 6.20 Å². The zero-order chi connectivity index (χ0) is 18.6. The molecule has 1 aliphatic rings. The maximum atomic E-state index is 12.3. The van der Waals surface area contributed by atoms with Crippen LogP contribution in [0.5, 0.6) is 0 Å². The van der Waals surface area contributed by atoms with Gasteiger partial charge in [-0.05, 0) is 29.6 Å². The highest BCUT2D eigenvalue weighted by Crippen LogP contribution is 2.26. The minimum atomic E-state index is -0.0453. The molecule has 1 amide bonds. The number of fused-ring (bicyclic) bond motifs is 1. The summed E-state index contributed by atoms with van der Waals surface area (Å²) in [5, 5.41) is 6.81. The number of hydrogen-bond donors (Lipinski definition) is 1. The fraction of sp³-hybridized carbons (Fsp3) is 0.190. The highest BCUT2D eigenvalue weighted by Gasteiger charge is 2.25. The van der Waals surface area contributed by atoms with Crippen molar-refractivity contribution >= 4 is 28.6 Å². The van der Waals surface area contributed by atoms with E-state index < -0.39 is 0 Å². The van der Waals surface area contributed by atoms with Gasteiger partial charge in [-0.3, -0.25) is 14.8 Å². The second-order valence-corrected chi connectivity index (χ2v) is 7.19. The Morgan fingerprint density at radius 1 is 1.22 bits per heavy atom. The summed E-state index contributed by atoms with van der Waals surface area (Å²) in [5.41, 5.74) is 4.61. The number of benzene rings is 1. The molecule has 1 N–H and O–H groups in total. The van der Waals surface area contributed by atoms with Crippen molar-refractivity contribution in [3.8, 4) is 0 Å². The van der Waals surface area contributed by atoms with Gasteiger partial charge in [0.1, 0.15) is 0 Å². The van der Waals surface area contributed by atoms with E-state index in [9.17, 15) is 4.79 Å². The maximum absolute atomic E-state index is 12.3. The molecule has 1 aromatic carbocycles. The van der Waals surface area contributed by atoms with Gasteiger partial charge in [0.25, 0.3) is 5.91 Å². The molecule has 1 unspecified atom stereocenters. The third-order valence-electron chi connectivity index (χ3n) is 4.74. The van der Waals surface area contributed by atoms with Gasteiger partial charge in [0.2, 0.25) is 0 Å². The van der Waals surface area contributed by atoms with Crippen LogP contribution in [0.15, 0.2) is 70.5 Å². The van der Waals surface area contributed by atoms with Crippen LogP contribution in [0.25, 0.3) is 0 Å². The number of pyridine rings is 1. The highest BCUT2D eigenvalue weighted by atomic mass is 32.1. The molecule has 0 spiro atoms. The lowest BCUT2D eigenvalue weighted by Crippen LogP contribution is -2.43. The smallest absolute Gasteiger partial charge is 0.252 e. The molecule has 136 valence electrons. The fourth-order valence-electron chi connectivity index (χ4n) is 3.21. The molecule has 0 bridgehead atoms. The van der Waals surface area contributed by atoms with Crippen molar-refractivity contribution in [2.45, 2.75) is 6.04 Å². The molecular formula is C21H20N4OS. The van der Waals surface area contributed by atoms with E-state index in [4.69, 9.17) is 4.99 Å². The van der Waals surface area contributed by atoms with Gasteiger partial charge in [-0.2, -0.15) is 11.3 Å². The molecule has 5 nitrogen and oxygen atoms in total. The number of hydrogen-bond acceptors (Lipinski definition) is 5. The Morgan fingerprint density at radius 3 is 2.85 bits per heavy atom. The number of aromatic nitrogens is 1. The number of rotatable bonds is 4.